The lowest BCUT2D eigenvalue weighted by molar-refractivity contribution is -0.105. The molecule has 0 amide bonds. The molecule has 3 nitrogen and oxygen atoms in total. The minimum Gasteiger partial charge on any atom is -0.463 e. The number of anilines is 1. The molecule has 3 heteroatoms. The highest BCUT2D eigenvalue weighted by atomic mass is 16.7. The topological polar surface area (TPSA) is 44.5 Å². The molecule has 1 aromatic carbocycles. The normalized spacial score (nSPS) is 20.0. The molecular formula is C19H31NO2. The number of rotatable bonds is 4. The molecule has 0 saturated carbocycles. The zero-order valence-electron chi connectivity index (χ0n) is 14.7. The molecule has 0 aromatic heterocycles. The van der Waals surface area contributed by atoms with Crippen LogP contribution in [0.4, 0.5) is 5.69 Å². The molecule has 1 fully saturated rings. The Morgan fingerprint density at radius 1 is 1.18 bits per heavy atom. The summed E-state index contributed by atoms with van der Waals surface area (Å²) in [5.41, 5.74) is 8.55. The van der Waals surface area contributed by atoms with Crippen LogP contribution < -0.4 is 10.5 Å². The van der Waals surface area contributed by atoms with Crippen molar-refractivity contribution in [3.8, 4) is 5.75 Å². The molecule has 2 N–H and O–H groups in total. The van der Waals surface area contributed by atoms with Gasteiger partial charge in [0.1, 0.15) is 5.75 Å². The van der Waals surface area contributed by atoms with E-state index in [1.807, 2.05) is 6.07 Å². The van der Waals surface area contributed by atoms with Gasteiger partial charge in [0.05, 0.1) is 12.3 Å². The van der Waals surface area contributed by atoms with Gasteiger partial charge in [-0.15, -0.1) is 0 Å². The van der Waals surface area contributed by atoms with Crippen LogP contribution in [0.3, 0.4) is 0 Å². The lowest BCUT2D eigenvalue weighted by atomic mass is 9.72. The van der Waals surface area contributed by atoms with Gasteiger partial charge in [-0.1, -0.05) is 40.7 Å². The van der Waals surface area contributed by atoms with E-state index in [0.717, 1.165) is 38.0 Å². The maximum absolute atomic E-state index is 6.22. The first kappa shape index (κ1) is 17.1. The van der Waals surface area contributed by atoms with Crippen LogP contribution in [0.25, 0.3) is 0 Å². The zero-order chi connectivity index (χ0) is 16.4. The average Bonchev–Trinajstić information content (AvgIpc) is 2.39. The summed E-state index contributed by atoms with van der Waals surface area (Å²) < 4.78 is 11.5. The van der Waals surface area contributed by atoms with Gasteiger partial charge in [-0.05, 0) is 47.8 Å². The smallest absolute Gasteiger partial charge is 0.199 e. The highest BCUT2D eigenvalue weighted by Gasteiger charge is 2.28. The van der Waals surface area contributed by atoms with E-state index in [1.165, 1.54) is 5.56 Å². The van der Waals surface area contributed by atoms with Crippen molar-refractivity contribution in [2.45, 2.75) is 72.0 Å². The van der Waals surface area contributed by atoms with Crippen molar-refractivity contribution >= 4 is 5.69 Å². The second-order valence-corrected chi connectivity index (χ2v) is 8.29. The molecule has 0 radical (unpaired) electrons. The van der Waals surface area contributed by atoms with E-state index in [2.05, 4.69) is 46.8 Å². The Kier molecular flexibility index (Phi) is 5.06. The fourth-order valence-electron chi connectivity index (χ4n) is 3.45. The minimum absolute atomic E-state index is 0.0895. The molecule has 1 saturated heterocycles. The summed E-state index contributed by atoms with van der Waals surface area (Å²) in [4.78, 5) is 0. The zero-order valence-corrected chi connectivity index (χ0v) is 14.7. The standard InChI is InChI=1S/C19H31NO2/c1-18(2,3)13-19(4,5)14-9-10-16(15(20)12-14)22-17-8-6-7-11-21-17/h9-10,12,17H,6-8,11,13,20H2,1-5H3. The largest absolute Gasteiger partial charge is 0.463 e. The Hall–Kier alpha value is -1.22. The van der Waals surface area contributed by atoms with Crippen LogP contribution in [-0.4, -0.2) is 12.9 Å². The van der Waals surface area contributed by atoms with Crippen molar-refractivity contribution in [1.82, 2.24) is 0 Å². The van der Waals surface area contributed by atoms with Crippen molar-refractivity contribution in [3.05, 3.63) is 23.8 Å². The van der Waals surface area contributed by atoms with Gasteiger partial charge in [0.15, 0.2) is 6.29 Å². The molecule has 1 aromatic rings. The summed E-state index contributed by atoms with van der Waals surface area (Å²) in [6, 6.07) is 6.19. The number of hydrogen-bond acceptors (Lipinski definition) is 3. The Labute approximate surface area is 135 Å². The Bertz CT molecular complexity index is 497. The molecule has 1 unspecified atom stereocenters. The molecule has 1 atom stereocenters. The Morgan fingerprint density at radius 2 is 1.91 bits per heavy atom. The highest BCUT2D eigenvalue weighted by Crippen LogP contribution is 2.38. The van der Waals surface area contributed by atoms with E-state index in [-0.39, 0.29) is 17.1 Å². The van der Waals surface area contributed by atoms with E-state index in [1.54, 1.807) is 0 Å². The molecule has 22 heavy (non-hydrogen) atoms. The second-order valence-electron chi connectivity index (χ2n) is 8.29. The molecule has 1 heterocycles. The summed E-state index contributed by atoms with van der Waals surface area (Å²) in [5.74, 6) is 0.738. The predicted octanol–water partition coefficient (Wildman–Crippen LogP) is 4.89. The first-order valence-electron chi connectivity index (χ1n) is 8.36. The minimum atomic E-state index is -0.149. The molecule has 1 aliphatic heterocycles. The molecule has 0 aliphatic carbocycles. The fraction of sp³-hybridized carbons (Fsp3) is 0.684. The average molecular weight is 305 g/mol. The number of nitrogen functional groups attached to an aromatic ring is 1. The molecule has 0 bridgehead atoms. The number of benzene rings is 1. The van der Waals surface area contributed by atoms with Crippen LogP contribution in [0.5, 0.6) is 5.75 Å². The van der Waals surface area contributed by atoms with Crippen molar-refractivity contribution in [3.63, 3.8) is 0 Å². The van der Waals surface area contributed by atoms with Gasteiger partial charge in [-0.3, -0.25) is 0 Å². The van der Waals surface area contributed by atoms with Crippen LogP contribution in [0.15, 0.2) is 18.2 Å². The summed E-state index contributed by atoms with van der Waals surface area (Å²) in [6.45, 7) is 12.2. The van der Waals surface area contributed by atoms with Gasteiger partial charge in [-0.25, -0.2) is 0 Å². The third-order valence-corrected chi connectivity index (χ3v) is 4.16. The van der Waals surface area contributed by atoms with E-state index in [9.17, 15) is 0 Å². The van der Waals surface area contributed by atoms with Gasteiger partial charge >= 0.3 is 0 Å². The number of nitrogens with two attached hydrogens (primary N) is 1. The van der Waals surface area contributed by atoms with E-state index in [0.29, 0.717) is 5.69 Å². The number of hydrogen-bond donors (Lipinski definition) is 1. The third-order valence-electron chi connectivity index (χ3n) is 4.16. The van der Waals surface area contributed by atoms with Gasteiger partial charge in [-0.2, -0.15) is 0 Å². The van der Waals surface area contributed by atoms with E-state index in [4.69, 9.17) is 15.2 Å². The summed E-state index contributed by atoms with van der Waals surface area (Å²) in [5, 5.41) is 0. The fourth-order valence-corrected chi connectivity index (χ4v) is 3.45. The maximum atomic E-state index is 6.22. The second kappa shape index (κ2) is 6.49. The summed E-state index contributed by atoms with van der Waals surface area (Å²) in [6.07, 6.45) is 4.17. The molecule has 2 rings (SSSR count). The van der Waals surface area contributed by atoms with Crippen molar-refractivity contribution < 1.29 is 9.47 Å². The van der Waals surface area contributed by atoms with E-state index >= 15 is 0 Å². The third kappa shape index (κ3) is 4.64. The highest BCUT2D eigenvalue weighted by molar-refractivity contribution is 5.55. The summed E-state index contributed by atoms with van der Waals surface area (Å²) in [7, 11) is 0. The SMILES string of the molecule is CC(C)(C)CC(C)(C)c1ccc(OC2CCCCO2)c(N)c1. The lowest BCUT2D eigenvalue weighted by Crippen LogP contribution is -2.26. The summed E-state index contributed by atoms with van der Waals surface area (Å²) >= 11 is 0. The Balaban J connectivity index is 2.11. The quantitative estimate of drug-likeness (QED) is 0.806. The predicted molar refractivity (Wildman–Crippen MR) is 92.2 cm³/mol. The lowest BCUT2D eigenvalue weighted by Gasteiger charge is -2.33. The van der Waals surface area contributed by atoms with Gasteiger partial charge < -0.3 is 15.2 Å². The number of ether oxygens (including phenoxy) is 2. The first-order chi connectivity index (χ1) is 10.2. The van der Waals surface area contributed by atoms with Crippen molar-refractivity contribution in [1.29, 1.82) is 0 Å². The molecule has 124 valence electrons. The van der Waals surface area contributed by atoms with Crippen LogP contribution in [0.2, 0.25) is 0 Å². The molecule has 0 spiro atoms. The monoisotopic (exact) mass is 305 g/mol. The van der Waals surface area contributed by atoms with Crippen molar-refractivity contribution in [2.24, 2.45) is 5.41 Å². The van der Waals surface area contributed by atoms with Crippen LogP contribution >= 0.6 is 0 Å². The molecule has 1 aliphatic rings. The van der Waals surface area contributed by atoms with Crippen LogP contribution in [-0.2, 0) is 10.2 Å². The van der Waals surface area contributed by atoms with Crippen LogP contribution in [0.1, 0.15) is 65.9 Å². The van der Waals surface area contributed by atoms with Gasteiger partial charge in [0, 0.05) is 6.42 Å². The van der Waals surface area contributed by atoms with Crippen LogP contribution in [0, 0.1) is 5.41 Å². The first-order valence-corrected chi connectivity index (χ1v) is 8.36. The van der Waals surface area contributed by atoms with E-state index < -0.39 is 0 Å². The van der Waals surface area contributed by atoms with Gasteiger partial charge in [0.2, 0.25) is 0 Å². The Morgan fingerprint density at radius 3 is 2.45 bits per heavy atom. The van der Waals surface area contributed by atoms with Crippen molar-refractivity contribution in [2.75, 3.05) is 12.3 Å². The molecular weight excluding hydrogens is 274 g/mol. The van der Waals surface area contributed by atoms with Gasteiger partial charge in [0.25, 0.3) is 0 Å². The maximum Gasteiger partial charge on any atom is 0.199 e.